The van der Waals surface area contributed by atoms with E-state index in [9.17, 15) is 35.9 Å². The van der Waals surface area contributed by atoms with Gasteiger partial charge >= 0.3 is 18.3 Å². The van der Waals surface area contributed by atoms with E-state index in [-0.39, 0.29) is 23.2 Å². The lowest BCUT2D eigenvalue weighted by Crippen LogP contribution is -2.18. The Morgan fingerprint density at radius 2 is 1.48 bits per heavy atom. The van der Waals surface area contributed by atoms with Crippen molar-refractivity contribution in [3.63, 3.8) is 0 Å². The van der Waals surface area contributed by atoms with Crippen molar-refractivity contribution in [2.45, 2.75) is 19.3 Å². The van der Waals surface area contributed by atoms with Crippen LogP contribution in [0.2, 0.25) is 0 Å². The Labute approximate surface area is 187 Å². The lowest BCUT2D eigenvalue weighted by atomic mass is 10.0. The Morgan fingerprint density at radius 3 is 2.00 bits per heavy atom. The van der Waals surface area contributed by atoms with Gasteiger partial charge in [-0.2, -0.15) is 26.3 Å². The normalized spacial score (nSPS) is 11.8. The summed E-state index contributed by atoms with van der Waals surface area (Å²) in [4.78, 5) is 25.5. The minimum atomic E-state index is -5.10. The molecule has 0 atom stereocenters. The third-order valence-electron chi connectivity index (χ3n) is 4.36. The van der Waals surface area contributed by atoms with Crippen molar-refractivity contribution in [3.8, 4) is 10.4 Å². The predicted octanol–water partition coefficient (Wildman–Crippen LogP) is 6.88. The number of hydrogen-bond donors (Lipinski definition) is 1. The molecule has 0 saturated carbocycles. The van der Waals surface area contributed by atoms with Gasteiger partial charge in [-0.25, -0.2) is 4.79 Å². The van der Waals surface area contributed by atoms with Crippen molar-refractivity contribution in [1.29, 1.82) is 0 Å². The number of carbonyl (C=O) groups excluding carboxylic acids is 2. The second-order valence-electron chi connectivity index (χ2n) is 6.69. The number of benzene rings is 2. The molecule has 1 N–H and O–H groups in total. The van der Waals surface area contributed by atoms with E-state index < -0.39 is 40.9 Å². The van der Waals surface area contributed by atoms with Gasteiger partial charge in [-0.1, -0.05) is 30.3 Å². The molecule has 0 saturated heterocycles. The molecule has 0 radical (unpaired) electrons. The zero-order valence-electron chi connectivity index (χ0n) is 16.8. The fourth-order valence-electron chi connectivity index (χ4n) is 2.85. The van der Waals surface area contributed by atoms with Crippen LogP contribution in [-0.4, -0.2) is 18.5 Å². The van der Waals surface area contributed by atoms with Crippen LogP contribution in [-0.2, 0) is 17.1 Å². The highest BCUT2D eigenvalue weighted by Gasteiger charge is 2.37. The molecule has 3 aromatic rings. The minimum Gasteiger partial charge on any atom is -0.462 e. The van der Waals surface area contributed by atoms with E-state index >= 15 is 0 Å². The van der Waals surface area contributed by atoms with Crippen LogP contribution in [0.15, 0.2) is 54.6 Å². The van der Waals surface area contributed by atoms with E-state index in [0.717, 1.165) is 11.3 Å². The zero-order valence-corrected chi connectivity index (χ0v) is 17.6. The Hall–Kier alpha value is -3.34. The molecule has 0 bridgehead atoms. The van der Waals surface area contributed by atoms with E-state index in [0.29, 0.717) is 22.6 Å². The van der Waals surface area contributed by atoms with Crippen LogP contribution >= 0.6 is 11.3 Å². The van der Waals surface area contributed by atoms with Crippen LogP contribution < -0.4 is 5.32 Å². The molecule has 3 rings (SSSR count). The van der Waals surface area contributed by atoms with Crippen molar-refractivity contribution in [2.24, 2.45) is 0 Å². The standard InChI is InChI=1S/C22H15F6NO3S/c1-2-32-20(31)16-11-17(12-6-4-3-5-7-12)33-19(16)29-18(30)13-8-14(21(23,24)25)10-15(9-13)22(26,27)28/h3-11H,2H2,1H3,(H,29,30). The molecular weight excluding hydrogens is 472 g/mol. The quantitative estimate of drug-likeness (QED) is 0.315. The van der Waals surface area contributed by atoms with Gasteiger partial charge < -0.3 is 10.1 Å². The molecule has 1 aromatic heterocycles. The Kier molecular flexibility index (Phi) is 6.82. The van der Waals surface area contributed by atoms with Crippen molar-refractivity contribution in [1.82, 2.24) is 0 Å². The molecule has 33 heavy (non-hydrogen) atoms. The average Bonchev–Trinajstić information content (AvgIpc) is 3.17. The summed E-state index contributed by atoms with van der Waals surface area (Å²) in [6.45, 7) is 1.58. The summed E-state index contributed by atoms with van der Waals surface area (Å²) in [5.41, 5.74) is -3.49. The first kappa shape index (κ1) is 24.3. The maximum atomic E-state index is 13.1. The first-order valence-corrected chi connectivity index (χ1v) is 10.2. The second kappa shape index (κ2) is 9.26. The molecule has 0 aliphatic rings. The summed E-state index contributed by atoms with van der Waals surface area (Å²) < 4.78 is 83.6. The van der Waals surface area contributed by atoms with Crippen molar-refractivity contribution in [2.75, 3.05) is 11.9 Å². The van der Waals surface area contributed by atoms with Crippen molar-refractivity contribution < 1.29 is 40.7 Å². The zero-order chi connectivity index (χ0) is 24.4. The van der Waals surface area contributed by atoms with Crippen LogP contribution in [0.25, 0.3) is 10.4 Å². The first-order valence-electron chi connectivity index (χ1n) is 9.37. The molecule has 2 aromatic carbocycles. The lowest BCUT2D eigenvalue weighted by molar-refractivity contribution is -0.143. The van der Waals surface area contributed by atoms with Gasteiger partial charge in [0, 0.05) is 10.4 Å². The minimum absolute atomic E-state index is 0.0192. The SMILES string of the molecule is CCOC(=O)c1cc(-c2ccccc2)sc1NC(=O)c1cc(C(F)(F)F)cc(C(F)(F)F)c1. The number of anilines is 1. The number of halogens is 6. The number of hydrogen-bond acceptors (Lipinski definition) is 4. The third kappa shape index (κ3) is 5.72. The van der Waals surface area contributed by atoms with Crippen LogP contribution in [0.1, 0.15) is 38.8 Å². The van der Waals surface area contributed by atoms with Gasteiger partial charge in [0.2, 0.25) is 0 Å². The number of esters is 1. The molecule has 0 spiro atoms. The monoisotopic (exact) mass is 487 g/mol. The second-order valence-corrected chi connectivity index (χ2v) is 7.74. The molecule has 1 heterocycles. The van der Waals surface area contributed by atoms with Crippen LogP contribution in [0.5, 0.6) is 0 Å². The fourth-order valence-corrected chi connectivity index (χ4v) is 3.90. The molecule has 4 nitrogen and oxygen atoms in total. The molecular formula is C22H15F6NO3S. The van der Waals surface area contributed by atoms with Gasteiger partial charge in [-0.3, -0.25) is 4.79 Å². The summed E-state index contributed by atoms with van der Waals surface area (Å²) in [7, 11) is 0. The van der Waals surface area contributed by atoms with Gasteiger partial charge in [0.25, 0.3) is 5.91 Å². The van der Waals surface area contributed by atoms with E-state index in [1.54, 1.807) is 37.3 Å². The average molecular weight is 487 g/mol. The molecule has 0 aliphatic carbocycles. The summed E-state index contributed by atoms with van der Waals surface area (Å²) in [6.07, 6.45) is -10.2. The molecule has 11 heteroatoms. The number of amides is 1. The van der Waals surface area contributed by atoms with Gasteiger partial charge in [-0.05, 0) is 36.8 Å². The fraction of sp³-hybridized carbons (Fsp3) is 0.182. The number of rotatable bonds is 5. The Bertz CT molecular complexity index is 1140. The lowest BCUT2D eigenvalue weighted by Gasteiger charge is -2.14. The van der Waals surface area contributed by atoms with E-state index in [2.05, 4.69) is 5.32 Å². The van der Waals surface area contributed by atoms with Crippen LogP contribution in [0, 0.1) is 0 Å². The number of carbonyl (C=O) groups is 2. The molecule has 1 amide bonds. The number of ether oxygens (including phenoxy) is 1. The smallest absolute Gasteiger partial charge is 0.416 e. The van der Waals surface area contributed by atoms with Gasteiger partial charge in [0.15, 0.2) is 0 Å². The highest BCUT2D eigenvalue weighted by Crippen LogP contribution is 2.38. The van der Waals surface area contributed by atoms with Crippen molar-refractivity contribution >= 4 is 28.2 Å². The van der Waals surface area contributed by atoms with Crippen LogP contribution in [0.3, 0.4) is 0 Å². The molecule has 0 aliphatic heterocycles. The van der Waals surface area contributed by atoms with E-state index in [1.165, 1.54) is 6.07 Å². The maximum absolute atomic E-state index is 13.1. The van der Waals surface area contributed by atoms with Gasteiger partial charge in [0.05, 0.1) is 23.3 Å². The Balaban J connectivity index is 2.03. The predicted molar refractivity (Wildman–Crippen MR) is 110 cm³/mol. The topological polar surface area (TPSA) is 55.4 Å². The van der Waals surface area contributed by atoms with Gasteiger partial charge in [-0.15, -0.1) is 11.3 Å². The summed E-state index contributed by atoms with van der Waals surface area (Å²) >= 11 is 0.932. The number of alkyl halides is 6. The first-order chi connectivity index (χ1) is 15.4. The molecule has 0 unspecified atom stereocenters. The number of thiophene rings is 1. The highest BCUT2D eigenvalue weighted by molar-refractivity contribution is 7.20. The van der Waals surface area contributed by atoms with Crippen molar-refractivity contribution in [3.05, 3.63) is 76.9 Å². The number of nitrogens with one attached hydrogen (secondary N) is 1. The van der Waals surface area contributed by atoms with E-state index in [1.807, 2.05) is 0 Å². The van der Waals surface area contributed by atoms with Gasteiger partial charge in [0.1, 0.15) is 5.00 Å². The third-order valence-corrected chi connectivity index (χ3v) is 5.46. The summed E-state index contributed by atoms with van der Waals surface area (Å²) in [5.74, 6) is -2.04. The molecule has 174 valence electrons. The Morgan fingerprint density at radius 1 is 0.909 bits per heavy atom. The summed E-state index contributed by atoms with van der Waals surface area (Å²) in [5, 5.41) is 2.19. The highest BCUT2D eigenvalue weighted by atomic mass is 32.1. The summed E-state index contributed by atoms with van der Waals surface area (Å²) in [6, 6.07) is 10.7. The van der Waals surface area contributed by atoms with Crippen LogP contribution in [0.4, 0.5) is 31.3 Å². The largest absolute Gasteiger partial charge is 0.462 e. The van der Waals surface area contributed by atoms with E-state index in [4.69, 9.17) is 4.74 Å². The maximum Gasteiger partial charge on any atom is 0.416 e. The molecule has 0 fully saturated rings.